The zero-order valence-electron chi connectivity index (χ0n) is 10.9. The minimum Gasteiger partial charge on any atom is -0.488 e. The summed E-state index contributed by atoms with van der Waals surface area (Å²) in [5, 5.41) is 4.02. The van der Waals surface area contributed by atoms with E-state index in [1.165, 1.54) is 6.07 Å². The number of hydrogen-bond donors (Lipinski definition) is 1. The maximum Gasteiger partial charge on any atom is 0.131 e. The lowest BCUT2D eigenvalue weighted by Gasteiger charge is -2.13. The monoisotopic (exact) mass is 313 g/mol. The van der Waals surface area contributed by atoms with Gasteiger partial charge in [-0.25, -0.2) is 4.39 Å². The number of halogens is 3. The van der Waals surface area contributed by atoms with Gasteiger partial charge in [-0.15, -0.1) is 0 Å². The van der Waals surface area contributed by atoms with Crippen LogP contribution in [0.1, 0.15) is 11.1 Å². The molecule has 1 N–H and O–H groups in total. The van der Waals surface area contributed by atoms with Gasteiger partial charge in [0.1, 0.15) is 18.2 Å². The Kier molecular flexibility index (Phi) is 5.24. The Bertz CT molecular complexity index is 584. The van der Waals surface area contributed by atoms with Crippen molar-refractivity contribution in [2.24, 2.45) is 0 Å². The van der Waals surface area contributed by atoms with E-state index in [0.29, 0.717) is 27.9 Å². The zero-order chi connectivity index (χ0) is 14.5. The molecule has 0 aliphatic heterocycles. The molecule has 0 saturated heterocycles. The van der Waals surface area contributed by atoms with Gasteiger partial charge in [-0.1, -0.05) is 29.3 Å². The van der Waals surface area contributed by atoms with Crippen molar-refractivity contribution in [3.8, 4) is 5.75 Å². The third kappa shape index (κ3) is 3.63. The van der Waals surface area contributed by atoms with Crippen LogP contribution in [-0.2, 0) is 13.2 Å². The summed E-state index contributed by atoms with van der Waals surface area (Å²) in [4.78, 5) is 0. The molecule has 5 heteroatoms. The van der Waals surface area contributed by atoms with E-state index >= 15 is 0 Å². The molecule has 0 aliphatic carbocycles. The molecule has 0 spiro atoms. The molecular formula is C15H14Cl2FNO. The van der Waals surface area contributed by atoms with E-state index in [1.54, 1.807) is 24.3 Å². The molecule has 2 nitrogen and oxygen atoms in total. The number of benzene rings is 2. The normalized spacial score (nSPS) is 10.6. The lowest BCUT2D eigenvalue weighted by atomic mass is 10.2. The van der Waals surface area contributed by atoms with E-state index in [2.05, 4.69) is 5.32 Å². The quantitative estimate of drug-likeness (QED) is 0.881. The average molecular weight is 314 g/mol. The second kappa shape index (κ2) is 6.93. The minimum absolute atomic E-state index is 0.0733. The number of nitrogens with one attached hydrogen (secondary N) is 1. The molecule has 0 saturated carbocycles. The van der Waals surface area contributed by atoms with Crippen LogP contribution in [0.4, 0.5) is 4.39 Å². The Morgan fingerprint density at radius 1 is 1.20 bits per heavy atom. The van der Waals surface area contributed by atoms with E-state index in [-0.39, 0.29) is 12.4 Å². The highest BCUT2D eigenvalue weighted by Gasteiger charge is 2.10. The summed E-state index contributed by atoms with van der Waals surface area (Å²) in [5.74, 6) is 0.282. The number of ether oxygens (including phenoxy) is 1. The highest BCUT2D eigenvalue weighted by molar-refractivity contribution is 6.31. The van der Waals surface area contributed by atoms with Crippen LogP contribution in [0.5, 0.6) is 5.75 Å². The number of rotatable bonds is 5. The van der Waals surface area contributed by atoms with Gasteiger partial charge in [-0.3, -0.25) is 0 Å². The second-order valence-corrected chi connectivity index (χ2v) is 5.11. The van der Waals surface area contributed by atoms with E-state index < -0.39 is 0 Å². The third-order valence-electron chi connectivity index (χ3n) is 2.82. The molecule has 0 radical (unpaired) electrons. The van der Waals surface area contributed by atoms with Gasteiger partial charge in [0, 0.05) is 22.7 Å². The molecule has 0 amide bonds. The lowest BCUT2D eigenvalue weighted by Crippen LogP contribution is -2.08. The molecule has 0 atom stereocenters. The van der Waals surface area contributed by atoms with Crippen molar-refractivity contribution in [1.29, 1.82) is 0 Å². The first kappa shape index (κ1) is 15.1. The Balaban J connectivity index is 2.18. The van der Waals surface area contributed by atoms with Gasteiger partial charge in [0.05, 0.1) is 5.02 Å². The summed E-state index contributed by atoms with van der Waals surface area (Å²) < 4.78 is 19.3. The second-order valence-electron chi connectivity index (χ2n) is 4.27. The molecule has 0 unspecified atom stereocenters. The number of hydrogen-bond acceptors (Lipinski definition) is 2. The first-order valence-corrected chi connectivity index (χ1v) is 6.86. The molecule has 106 valence electrons. The molecule has 0 fully saturated rings. The van der Waals surface area contributed by atoms with Crippen molar-refractivity contribution in [3.05, 3.63) is 63.4 Å². The first-order chi connectivity index (χ1) is 9.61. The fraction of sp³-hybridized carbons (Fsp3) is 0.200. The van der Waals surface area contributed by atoms with Gasteiger partial charge >= 0.3 is 0 Å². The van der Waals surface area contributed by atoms with Crippen LogP contribution in [0.2, 0.25) is 10.0 Å². The van der Waals surface area contributed by atoms with Crippen LogP contribution in [0.15, 0.2) is 36.4 Å². The summed E-state index contributed by atoms with van der Waals surface area (Å²) in [5.41, 5.74) is 1.26. The Morgan fingerprint density at radius 2 is 2.00 bits per heavy atom. The van der Waals surface area contributed by atoms with Crippen molar-refractivity contribution in [2.45, 2.75) is 13.2 Å². The van der Waals surface area contributed by atoms with Gasteiger partial charge < -0.3 is 10.1 Å². The SMILES string of the molecule is CNCc1cc(Cl)ccc1OCc1c(F)cccc1Cl. The van der Waals surface area contributed by atoms with Crippen molar-refractivity contribution in [2.75, 3.05) is 7.05 Å². The van der Waals surface area contributed by atoms with E-state index in [0.717, 1.165) is 5.56 Å². The molecule has 2 aromatic carbocycles. The van der Waals surface area contributed by atoms with Crippen molar-refractivity contribution >= 4 is 23.2 Å². The van der Waals surface area contributed by atoms with Gasteiger partial charge in [-0.2, -0.15) is 0 Å². The predicted octanol–water partition coefficient (Wildman–Crippen LogP) is 4.43. The van der Waals surface area contributed by atoms with E-state index in [4.69, 9.17) is 27.9 Å². The molecule has 0 heterocycles. The van der Waals surface area contributed by atoms with Crippen LogP contribution < -0.4 is 10.1 Å². The minimum atomic E-state index is -0.373. The summed E-state index contributed by atoms with van der Waals surface area (Å²) in [7, 11) is 1.83. The highest BCUT2D eigenvalue weighted by Crippen LogP contribution is 2.26. The lowest BCUT2D eigenvalue weighted by molar-refractivity contribution is 0.296. The van der Waals surface area contributed by atoms with Gasteiger partial charge in [-0.05, 0) is 37.4 Å². The fourth-order valence-electron chi connectivity index (χ4n) is 1.84. The molecule has 0 aliphatic rings. The first-order valence-electron chi connectivity index (χ1n) is 6.10. The summed E-state index contributed by atoms with van der Waals surface area (Å²) in [6, 6.07) is 9.88. The van der Waals surface area contributed by atoms with Gasteiger partial charge in [0.15, 0.2) is 0 Å². The average Bonchev–Trinajstić information content (AvgIpc) is 2.40. The zero-order valence-corrected chi connectivity index (χ0v) is 12.4. The van der Waals surface area contributed by atoms with Crippen molar-refractivity contribution < 1.29 is 9.13 Å². The van der Waals surface area contributed by atoms with Crippen LogP contribution in [0.25, 0.3) is 0 Å². The molecule has 0 bridgehead atoms. The van der Waals surface area contributed by atoms with Crippen LogP contribution in [0, 0.1) is 5.82 Å². The Hall–Kier alpha value is -1.29. The van der Waals surface area contributed by atoms with Crippen LogP contribution in [0.3, 0.4) is 0 Å². The molecule has 2 rings (SSSR count). The van der Waals surface area contributed by atoms with Gasteiger partial charge in [0.2, 0.25) is 0 Å². The molecule has 0 aromatic heterocycles. The highest BCUT2D eigenvalue weighted by atomic mass is 35.5. The fourth-order valence-corrected chi connectivity index (χ4v) is 2.25. The Labute approximate surface area is 127 Å². The topological polar surface area (TPSA) is 21.3 Å². The van der Waals surface area contributed by atoms with Crippen molar-refractivity contribution in [3.63, 3.8) is 0 Å². The largest absolute Gasteiger partial charge is 0.488 e. The van der Waals surface area contributed by atoms with Crippen molar-refractivity contribution in [1.82, 2.24) is 5.32 Å². The van der Waals surface area contributed by atoms with E-state index in [1.807, 2.05) is 13.1 Å². The summed E-state index contributed by atoms with van der Waals surface area (Å²) in [6.07, 6.45) is 0. The predicted molar refractivity (Wildman–Crippen MR) is 80.0 cm³/mol. The molecular weight excluding hydrogens is 300 g/mol. The third-order valence-corrected chi connectivity index (χ3v) is 3.41. The van der Waals surface area contributed by atoms with E-state index in [9.17, 15) is 4.39 Å². The molecule has 2 aromatic rings. The van der Waals surface area contributed by atoms with Crippen LogP contribution >= 0.6 is 23.2 Å². The molecule has 20 heavy (non-hydrogen) atoms. The summed E-state index contributed by atoms with van der Waals surface area (Å²) >= 11 is 11.9. The summed E-state index contributed by atoms with van der Waals surface area (Å²) in [6.45, 7) is 0.685. The maximum absolute atomic E-state index is 13.7. The maximum atomic E-state index is 13.7. The van der Waals surface area contributed by atoms with Gasteiger partial charge in [0.25, 0.3) is 0 Å². The standard InChI is InChI=1S/C15H14Cl2FNO/c1-19-8-10-7-11(16)5-6-15(10)20-9-12-13(17)3-2-4-14(12)18/h2-7,19H,8-9H2,1H3. The Morgan fingerprint density at radius 3 is 2.70 bits per heavy atom. The van der Waals surface area contributed by atoms with Crippen LogP contribution in [-0.4, -0.2) is 7.05 Å². The smallest absolute Gasteiger partial charge is 0.131 e.